The van der Waals surface area contributed by atoms with Crippen LogP contribution in [0.4, 0.5) is 5.69 Å². The topological polar surface area (TPSA) is 78.4 Å². The molecule has 1 amide bonds. The van der Waals surface area contributed by atoms with Crippen molar-refractivity contribution in [1.82, 2.24) is 5.32 Å². The lowest BCUT2D eigenvalue weighted by molar-refractivity contribution is -0.140. The summed E-state index contributed by atoms with van der Waals surface area (Å²) >= 11 is 0. The van der Waals surface area contributed by atoms with Crippen LogP contribution in [0.1, 0.15) is 17.5 Å². The molecule has 0 aromatic heterocycles. The monoisotopic (exact) mass is 276 g/mol. The van der Waals surface area contributed by atoms with Crippen LogP contribution in [-0.4, -0.2) is 29.6 Å². The highest BCUT2D eigenvalue weighted by Gasteiger charge is 2.20. The van der Waals surface area contributed by atoms with Gasteiger partial charge in [0.1, 0.15) is 6.04 Å². The van der Waals surface area contributed by atoms with Crippen LogP contribution in [0.25, 0.3) is 0 Å². The molecule has 5 nitrogen and oxygen atoms in total. The van der Waals surface area contributed by atoms with E-state index in [1.165, 1.54) is 0 Å². The molecule has 108 valence electrons. The summed E-state index contributed by atoms with van der Waals surface area (Å²) in [6.45, 7) is 7.64. The summed E-state index contributed by atoms with van der Waals surface area (Å²) in [5.41, 5.74) is 2.64. The molecule has 1 rings (SSSR count). The molecule has 1 aromatic rings. The quantitative estimate of drug-likeness (QED) is 0.664. The number of benzene rings is 1. The Morgan fingerprint density at radius 3 is 2.45 bits per heavy atom. The van der Waals surface area contributed by atoms with E-state index in [2.05, 4.69) is 17.2 Å². The number of aryl methyl sites for hydroxylation is 2. The van der Waals surface area contributed by atoms with Gasteiger partial charge in [-0.05, 0) is 25.0 Å². The van der Waals surface area contributed by atoms with Crippen LogP contribution in [0.3, 0.4) is 0 Å². The van der Waals surface area contributed by atoms with Gasteiger partial charge >= 0.3 is 5.97 Å². The number of carboxylic acid groups (broad SMARTS) is 1. The minimum absolute atomic E-state index is 0.128. The van der Waals surface area contributed by atoms with E-state index in [9.17, 15) is 9.59 Å². The molecule has 0 spiro atoms. The smallest absolute Gasteiger partial charge is 0.321 e. The SMILES string of the molecule is C=CCNC(CC(=O)Nc1c(C)cccc1C)C(=O)O. The Kier molecular flexibility index (Phi) is 5.93. The first kappa shape index (κ1) is 15.9. The molecular weight excluding hydrogens is 256 g/mol. The first-order chi connectivity index (χ1) is 9.45. The molecule has 1 atom stereocenters. The molecule has 0 aliphatic rings. The van der Waals surface area contributed by atoms with Crippen molar-refractivity contribution < 1.29 is 14.7 Å². The van der Waals surface area contributed by atoms with Crippen molar-refractivity contribution in [3.8, 4) is 0 Å². The highest BCUT2D eigenvalue weighted by atomic mass is 16.4. The molecule has 3 N–H and O–H groups in total. The molecule has 20 heavy (non-hydrogen) atoms. The maximum Gasteiger partial charge on any atom is 0.321 e. The number of para-hydroxylation sites is 1. The van der Waals surface area contributed by atoms with Crippen LogP contribution in [0.15, 0.2) is 30.9 Å². The number of hydrogen-bond acceptors (Lipinski definition) is 3. The van der Waals surface area contributed by atoms with E-state index in [4.69, 9.17) is 5.11 Å². The number of carbonyl (C=O) groups excluding carboxylic acids is 1. The van der Waals surface area contributed by atoms with Gasteiger partial charge in [-0.25, -0.2) is 0 Å². The van der Waals surface area contributed by atoms with Gasteiger partial charge in [0.05, 0.1) is 6.42 Å². The molecule has 5 heteroatoms. The van der Waals surface area contributed by atoms with Crippen LogP contribution in [0.2, 0.25) is 0 Å². The zero-order valence-electron chi connectivity index (χ0n) is 11.8. The van der Waals surface area contributed by atoms with Gasteiger partial charge in [0.25, 0.3) is 0 Å². The highest BCUT2D eigenvalue weighted by molar-refractivity contribution is 5.95. The minimum Gasteiger partial charge on any atom is -0.480 e. The van der Waals surface area contributed by atoms with Gasteiger partial charge in [-0.15, -0.1) is 6.58 Å². The second kappa shape index (κ2) is 7.45. The number of rotatable bonds is 7. The summed E-state index contributed by atoms with van der Waals surface area (Å²) in [7, 11) is 0. The lowest BCUT2D eigenvalue weighted by Crippen LogP contribution is -2.39. The largest absolute Gasteiger partial charge is 0.480 e. The molecule has 0 aliphatic carbocycles. The van der Waals surface area contributed by atoms with Crippen molar-refractivity contribution in [2.24, 2.45) is 0 Å². The molecular formula is C15H20N2O3. The van der Waals surface area contributed by atoms with Crippen LogP contribution in [0.5, 0.6) is 0 Å². The first-order valence-electron chi connectivity index (χ1n) is 6.39. The zero-order chi connectivity index (χ0) is 15.1. The van der Waals surface area contributed by atoms with Gasteiger partial charge in [-0.2, -0.15) is 0 Å². The van der Waals surface area contributed by atoms with E-state index in [-0.39, 0.29) is 12.3 Å². The lowest BCUT2D eigenvalue weighted by Gasteiger charge is -2.15. The molecule has 0 saturated heterocycles. The third kappa shape index (κ3) is 4.51. The van der Waals surface area contributed by atoms with Gasteiger partial charge in [0, 0.05) is 12.2 Å². The number of carbonyl (C=O) groups is 2. The predicted octanol–water partition coefficient (Wildman–Crippen LogP) is 1.86. The Morgan fingerprint density at radius 1 is 1.35 bits per heavy atom. The van der Waals surface area contributed by atoms with Crippen molar-refractivity contribution in [1.29, 1.82) is 0 Å². The Hall–Kier alpha value is -2.14. The van der Waals surface area contributed by atoms with Gasteiger partial charge < -0.3 is 15.7 Å². The number of hydrogen-bond donors (Lipinski definition) is 3. The number of carboxylic acids is 1. The maximum absolute atomic E-state index is 12.0. The van der Waals surface area contributed by atoms with E-state index in [0.717, 1.165) is 16.8 Å². The van der Waals surface area contributed by atoms with Crippen molar-refractivity contribution in [2.75, 3.05) is 11.9 Å². The summed E-state index contributed by atoms with van der Waals surface area (Å²) in [6.07, 6.45) is 1.43. The lowest BCUT2D eigenvalue weighted by atomic mass is 10.1. The first-order valence-corrected chi connectivity index (χ1v) is 6.39. The molecule has 1 unspecified atom stereocenters. The van der Waals surface area contributed by atoms with Crippen molar-refractivity contribution in [2.45, 2.75) is 26.3 Å². The van der Waals surface area contributed by atoms with Crippen molar-refractivity contribution >= 4 is 17.6 Å². The normalized spacial score (nSPS) is 11.7. The molecule has 0 heterocycles. The summed E-state index contributed by atoms with van der Waals surface area (Å²) in [6, 6.07) is 4.78. The summed E-state index contributed by atoms with van der Waals surface area (Å²) in [5, 5.41) is 14.6. The van der Waals surface area contributed by atoms with Gasteiger partial charge in [0.15, 0.2) is 0 Å². The zero-order valence-corrected chi connectivity index (χ0v) is 11.8. The van der Waals surface area contributed by atoms with E-state index < -0.39 is 12.0 Å². The van der Waals surface area contributed by atoms with E-state index in [1.54, 1.807) is 6.08 Å². The summed E-state index contributed by atoms with van der Waals surface area (Å²) in [4.78, 5) is 23.0. The standard InChI is InChI=1S/C15H20N2O3/c1-4-8-16-12(15(19)20)9-13(18)17-14-10(2)6-5-7-11(14)3/h4-7,12,16H,1,8-9H2,2-3H3,(H,17,18)(H,19,20). The molecule has 1 aromatic carbocycles. The molecule has 0 aliphatic heterocycles. The minimum atomic E-state index is -1.05. The van der Waals surface area contributed by atoms with E-state index in [0.29, 0.717) is 6.54 Å². The maximum atomic E-state index is 12.0. The van der Waals surface area contributed by atoms with Crippen LogP contribution < -0.4 is 10.6 Å². The number of aliphatic carboxylic acids is 1. The number of amides is 1. The fraction of sp³-hybridized carbons (Fsp3) is 0.333. The van der Waals surface area contributed by atoms with Crippen LogP contribution in [0, 0.1) is 13.8 Å². The van der Waals surface area contributed by atoms with Gasteiger partial charge in [-0.1, -0.05) is 24.3 Å². The second-order valence-electron chi connectivity index (χ2n) is 4.61. The third-order valence-electron chi connectivity index (χ3n) is 2.94. The average Bonchev–Trinajstić information content (AvgIpc) is 2.38. The number of nitrogens with one attached hydrogen (secondary N) is 2. The van der Waals surface area contributed by atoms with Gasteiger partial charge in [-0.3, -0.25) is 9.59 Å². The Morgan fingerprint density at radius 2 is 1.95 bits per heavy atom. The fourth-order valence-electron chi connectivity index (χ4n) is 1.86. The third-order valence-corrected chi connectivity index (χ3v) is 2.94. The Balaban J connectivity index is 2.70. The Labute approximate surface area is 118 Å². The highest BCUT2D eigenvalue weighted by Crippen LogP contribution is 2.19. The van der Waals surface area contributed by atoms with E-state index >= 15 is 0 Å². The summed E-state index contributed by atoms with van der Waals surface area (Å²) in [5.74, 6) is -1.38. The Bertz CT molecular complexity index is 492. The van der Waals surface area contributed by atoms with Crippen molar-refractivity contribution in [3.63, 3.8) is 0 Å². The van der Waals surface area contributed by atoms with Crippen LogP contribution >= 0.6 is 0 Å². The summed E-state index contributed by atoms with van der Waals surface area (Å²) < 4.78 is 0. The average molecular weight is 276 g/mol. The fourth-order valence-corrected chi connectivity index (χ4v) is 1.86. The predicted molar refractivity (Wildman–Crippen MR) is 78.8 cm³/mol. The molecule has 0 fully saturated rings. The second-order valence-corrected chi connectivity index (χ2v) is 4.61. The van der Waals surface area contributed by atoms with E-state index in [1.807, 2.05) is 32.0 Å². The molecule has 0 saturated carbocycles. The van der Waals surface area contributed by atoms with Gasteiger partial charge in [0.2, 0.25) is 5.91 Å². The van der Waals surface area contributed by atoms with Crippen LogP contribution in [-0.2, 0) is 9.59 Å². The molecule has 0 radical (unpaired) electrons. The van der Waals surface area contributed by atoms with Crippen molar-refractivity contribution in [3.05, 3.63) is 42.0 Å². The molecule has 0 bridgehead atoms. The number of anilines is 1.